The number of rotatable bonds is 1. The molecule has 1 heterocycles. The van der Waals surface area contributed by atoms with Gasteiger partial charge in [0.25, 0.3) is 0 Å². The Morgan fingerprint density at radius 1 is 1.29 bits per heavy atom. The third-order valence-corrected chi connectivity index (χ3v) is 2.82. The summed E-state index contributed by atoms with van der Waals surface area (Å²) in [5, 5.41) is 6.64. The van der Waals surface area contributed by atoms with Crippen LogP contribution in [0.3, 0.4) is 0 Å². The van der Waals surface area contributed by atoms with E-state index in [1.807, 2.05) is 13.1 Å². The fourth-order valence-corrected chi connectivity index (χ4v) is 1.70. The van der Waals surface area contributed by atoms with E-state index >= 15 is 0 Å². The van der Waals surface area contributed by atoms with E-state index < -0.39 is 0 Å². The molecule has 74 valence electrons. The van der Waals surface area contributed by atoms with E-state index in [-0.39, 0.29) is 0 Å². The molecule has 0 aromatic heterocycles. The summed E-state index contributed by atoms with van der Waals surface area (Å²) in [6.07, 6.45) is 2.29. The molecular weight excluding hydrogens is 172 g/mol. The maximum absolute atomic E-state index is 4.58. The summed E-state index contributed by atoms with van der Waals surface area (Å²) in [5.41, 5.74) is 2.47. The Morgan fingerprint density at radius 2 is 2.00 bits per heavy atom. The Hall–Kier alpha value is -1.31. The molecule has 0 saturated heterocycles. The number of hydrogen-bond acceptors (Lipinski definition) is 2. The molecule has 0 saturated carbocycles. The third-order valence-electron chi connectivity index (χ3n) is 2.82. The van der Waals surface area contributed by atoms with E-state index in [2.05, 4.69) is 41.3 Å². The second-order valence-corrected chi connectivity index (χ2v) is 3.87. The zero-order valence-electron chi connectivity index (χ0n) is 8.77. The maximum Gasteiger partial charge on any atom is 0.0678 e. The molecule has 14 heavy (non-hydrogen) atoms. The summed E-state index contributed by atoms with van der Waals surface area (Å²) in [4.78, 5) is 0. The van der Waals surface area contributed by atoms with Gasteiger partial charge < -0.3 is 0 Å². The van der Waals surface area contributed by atoms with Gasteiger partial charge in [0.1, 0.15) is 0 Å². The summed E-state index contributed by atoms with van der Waals surface area (Å²) >= 11 is 0. The molecule has 1 aliphatic heterocycles. The molecule has 0 amide bonds. The lowest BCUT2D eigenvalue weighted by atomic mass is 10.0. The smallest absolute Gasteiger partial charge is 0.0678 e. The average molecular weight is 188 g/mol. The van der Waals surface area contributed by atoms with Gasteiger partial charge in [-0.1, -0.05) is 30.3 Å². The molecule has 1 atom stereocenters. The molecule has 0 fully saturated rings. The molecule has 0 N–H and O–H groups in total. The first-order chi connectivity index (χ1) is 6.77. The van der Waals surface area contributed by atoms with Gasteiger partial charge in [-0.2, -0.15) is 5.10 Å². The maximum atomic E-state index is 4.58. The molecule has 1 aromatic carbocycles. The molecule has 1 aliphatic rings. The highest BCUT2D eigenvalue weighted by Gasteiger charge is 2.16. The summed E-state index contributed by atoms with van der Waals surface area (Å²) in [5.74, 6) is 0. The third kappa shape index (κ3) is 1.79. The average Bonchev–Trinajstić information content (AvgIpc) is 2.23. The van der Waals surface area contributed by atoms with E-state index in [0.29, 0.717) is 6.04 Å². The molecule has 0 bridgehead atoms. The molecule has 1 aromatic rings. The van der Waals surface area contributed by atoms with Gasteiger partial charge in [-0.3, -0.25) is 5.01 Å². The van der Waals surface area contributed by atoms with Crippen molar-refractivity contribution in [3.63, 3.8) is 0 Å². The summed E-state index contributed by atoms with van der Waals surface area (Å²) in [7, 11) is 2.05. The highest BCUT2D eigenvalue weighted by Crippen LogP contribution is 2.17. The number of nitrogens with zero attached hydrogens (tertiary/aromatic N) is 2. The van der Waals surface area contributed by atoms with Crippen LogP contribution in [0.15, 0.2) is 35.4 Å². The van der Waals surface area contributed by atoms with E-state index in [9.17, 15) is 0 Å². The lowest BCUT2D eigenvalue weighted by Crippen LogP contribution is -2.30. The quantitative estimate of drug-likeness (QED) is 0.661. The standard InChI is InChI=1S/C12H16N2/c1-10-8-9-12(13-14(10)2)11-6-4-3-5-7-11/h3-7,10H,8-9H2,1-2H3. The first-order valence-corrected chi connectivity index (χ1v) is 5.13. The first kappa shape index (κ1) is 9.25. The molecule has 0 spiro atoms. The van der Waals surface area contributed by atoms with Gasteiger partial charge in [0.15, 0.2) is 0 Å². The Kier molecular flexibility index (Phi) is 2.53. The Bertz CT molecular complexity index is 329. The second kappa shape index (κ2) is 3.82. The number of hydrogen-bond donors (Lipinski definition) is 0. The van der Waals surface area contributed by atoms with Crippen LogP contribution in [0.2, 0.25) is 0 Å². The minimum absolute atomic E-state index is 0.572. The van der Waals surface area contributed by atoms with E-state index in [4.69, 9.17) is 0 Å². The predicted octanol–water partition coefficient (Wildman–Crippen LogP) is 2.50. The van der Waals surface area contributed by atoms with Crippen LogP contribution in [-0.4, -0.2) is 23.8 Å². The second-order valence-electron chi connectivity index (χ2n) is 3.87. The van der Waals surface area contributed by atoms with Gasteiger partial charge in [-0.15, -0.1) is 0 Å². The van der Waals surface area contributed by atoms with E-state index in [0.717, 1.165) is 6.42 Å². The normalized spacial score (nSPS) is 22.0. The molecule has 2 heteroatoms. The molecule has 0 radical (unpaired) electrons. The molecule has 2 nitrogen and oxygen atoms in total. The van der Waals surface area contributed by atoms with Crippen molar-refractivity contribution in [2.45, 2.75) is 25.8 Å². The number of hydrazone groups is 1. The highest BCUT2D eigenvalue weighted by molar-refractivity contribution is 6.00. The van der Waals surface area contributed by atoms with Crippen LogP contribution in [0.1, 0.15) is 25.3 Å². The van der Waals surface area contributed by atoms with Gasteiger partial charge in [-0.05, 0) is 25.3 Å². The lowest BCUT2D eigenvalue weighted by Gasteiger charge is -2.28. The SMILES string of the molecule is CC1CCC(c2ccccc2)=NN1C. The van der Waals surface area contributed by atoms with Gasteiger partial charge in [0.05, 0.1) is 5.71 Å². The van der Waals surface area contributed by atoms with Gasteiger partial charge in [-0.25, -0.2) is 0 Å². The van der Waals surface area contributed by atoms with Gasteiger partial charge in [0, 0.05) is 13.1 Å². The first-order valence-electron chi connectivity index (χ1n) is 5.13. The fourth-order valence-electron chi connectivity index (χ4n) is 1.70. The minimum atomic E-state index is 0.572. The van der Waals surface area contributed by atoms with Crippen molar-refractivity contribution in [2.75, 3.05) is 7.05 Å². The molecule has 0 aliphatic carbocycles. The highest BCUT2D eigenvalue weighted by atomic mass is 15.5. The van der Waals surface area contributed by atoms with Crippen molar-refractivity contribution in [1.29, 1.82) is 0 Å². The summed E-state index contributed by atoms with van der Waals surface area (Å²) < 4.78 is 0. The van der Waals surface area contributed by atoms with Crippen LogP contribution < -0.4 is 0 Å². The zero-order chi connectivity index (χ0) is 9.97. The van der Waals surface area contributed by atoms with Crippen molar-refractivity contribution in [3.8, 4) is 0 Å². The Labute approximate surface area is 85.2 Å². The fraction of sp³-hybridized carbons (Fsp3) is 0.417. The van der Waals surface area contributed by atoms with E-state index in [1.165, 1.54) is 17.7 Å². The molecule has 1 unspecified atom stereocenters. The van der Waals surface area contributed by atoms with Crippen molar-refractivity contribution >= 4 is 5.71 Å². The monoisotopic (exact) mass is 188 g/mol. The largest absolute Gasteiger partial charge is 0.297 e. The van der Waals surface area contributed by atoms with Crippen LogP contribution in [0.4, 0.5) is 0 Å². The van der Waals surface area contributed by atoms with E-state index in [1.54, 1.807) is 0 Å². The summed E-state index contributed by atoms with van der Waals surface area (Å²) in [6.45, 7) is 2.21. The zero-order valence-corrected chi connectivity index (χ0v) is 8.77. The van der Waals surface area contributed by atoms with Crippen LogP contribution in [-0.2, 0) is 0 Å². The van der Waals surface area contributed by atoms with Crippen LogP contribution >= 0.6 is 0 Å². The van der Waals surface area contributed by atoms with Crippen molar-refractivity contribution < 1.29 is 0 Å². The predicted molar refractivity (Wildman–Crippen MR) is 59.4 cm³/mol. The minimum Gasteiger partial charge on any atom is -0.297 e. The van der Waals surface area contributed by atoms with Gasteiger partial charge in [0.2, 0.25) is 0 Å². The van der Waals surface area contributed by atoms with Crippen molar-refractivity contribution in [3.05, 3.63) is 35.9 Å². The number of benzene rings is 1. The van der Waals surface area contributed by atoms with Crippen molar-refractivity contribution in [2.24, 2.45) is 5.10 Å². The molecular formula is C12H16N2. The van der Waals surface area contributed by atoms with Crippen LogP contribution in [0.25, 0.3) is 0 Å². The van der Waals surface area contributed by atoms with Gasteiger partial charge >= 0.3 is 0 Å². The molecule has 2 rings (SSSR count). The summed E-state index contributed by atoms with van der Waals surface area (Å²) in [6, 6.07) is 11.0. The lowest BCUT2D eigenvalue weighted by molar-refractivity contribution is 0.246. The Balaban J connectivity index is 2.24. The Morgan fingerprint density at radius 3 is 2.64 bits per heavy atom. The van der Waals surface area contributed by atoms with Crippen LogP contribution in [0.5, 0.6) is 0 Å². The van der Waals surface area contributed by atoms with Crippen molar-refractivity contribution in [1.82, 2.24) is 5.01 Å². The van der Waals surface area contributed by atoms with Crippen LogP contribution in [0, 0.1) is 0 Å². The topological polar surface area (TPSA) is 15.6 Å².